The Labute approximate surface area is 83.8 Å². The molecule has 0 fully saturated rings. The van der Waals surface area contributed by atoms with Crippen LogP contribution in [0.15, 0.2) is 18.3 Å². The summed E-state index contributed by atoms with van der Waals surface area (Å²) >= 11 is 0. The van der Waals surface area contributed by atoms with E-state index in [1.807, 2.05) is 13.8 Å². The highest BCUT2D eigenvalue weighted by molar-refractivity contribution is 5.98. The molecule has 1 rings (SSSR count). The summed E-state index contributed by atoms with van der Waals surface area (Å²) in [5, 5.41) is 9.41. The molecule has 0 aromatic carbocycles. The van der Waals surface area contributed by atoms with Gasteiger partial charge in [0.2, 0.25) is 0 Å². The maximum absolute atomic E-state index is 11.7. The van der Waals surface area contributed by atoms with E-state index in [0.717, 1.165) is 12.8 Å². The SMILES string of the molecule is CCCC(C)C(=O)c1ncccc1O. The molecule has 0 spiro atoms. The predicted octanol–water partition coefficient (Wildman–Crippen LogP) is 2.41. The maximum Gasteiger partial charge on any atom is 0.187 e. The molecule has 1 atom stereocenters. The Kier molecular flexibility index (Phi) is 3.63. The van der Waals surface area contributed by atoms with Gasteiger partial charge in [-0.1, -0.05) is 20.3 Å². The molecule has 1 unspecified atom stereocenters. The molecule has 3 nitrogen and oxygen atoms in total. The molecule has 1 aromatic heterocycles. The lowest BCUT2D eigenvalue weighted by Crippen LogP contribution is -2.12. The third-order valence-corrected chi connectivity index (χ3v) is 2.19. The van der Waals surface area contributed by atoms with E-state index >= 15 is 0 Å². The lowest BCUT2D eigenvalue weighted by atomic mass is 9.98. The second-order valence-corrected chi connectivity index (χ2v) is 3.43. The zero-order valence-electron chi connectivity index (χ0n) is 8.53. The monoisotopic (exact) mass is 193 g/mol. The number of rotatable bonds is 4. The van der Waals surface area contributed by atoms with Gasteiger partial charge in [-0.05, 0) is 18.6 Å². The van der Waals surface area contributed by atoms with Crippen LogP contribution in [0, 0.1) is 5.92 Å². The fraction of sp³-hybridized carbons (Fsp3) is 0.455. The number of hydrogen-bond donors (Lipinski definition) is 1. The standard InChI is InChI=1S/C11H15NO2/c1-3-5-8(2)11(14)10-9(13)6-4-7-12-10/h4,6-8,13H,3,5H2,1-2H3. The average molecular weight is 193 g/mol. The van der Waals surface area contributed by atoms with E-state index in [1.165, 1.54) is 12.3 Å². The quantitative estimate of drug-likeness (QED) is 0.747. The molecule has 1 aromatic rings. The van der Waals surface area contributed by atoms with Crippen LogP contribution < -0.4 is 0 Å². The normalized spacial score (nSPS) is 12.4. The van der Waals surface area contributed by atoms with E-state index in [0.29, 0.717) is 0 Å². The Morgan fingerprint density at radius 2 is 2.36 bits per heavy atom. The van der Waals surface area contributed by atoms with Gasteiger partial charge in [0.05, 0.1) is 0 Å². The first kappa shape index (κ1) is 10.7. The minimum Gasteiger partial charge on any atom is -0.506 e. The topological polar surface area (TPSA) is 50.2 Å². The smallest absolute Gasteiger partial charge is 0.187 e. The molecular weight excluding hydrogens is 178 g/mol. The fourth-order valence-corrected chi connectivity index (χ4v) is 1.38. The van der Waals surface area contributed by atoms with Gasteiger partial charge < -0.3 is 5.11 Å². The summed E-state index contributed by atoms with van der Waals surface area (Å²) in [6, 6.07) is 3.09. The van der Waals surface area contributed by atoms with Crippen molar-refractivity contribution in [1.29, 1.82) is 0 Å². The number of nitrogens with zero attached hydrogens (tertiary/aromatic N) is 1. The summed E-state index contributed by atoms with van der Waals surface area (Å²) in [6.45, 7) is 3.89. The van der Waals surface area contributed by atoms with E-state index in [2.05, 4.69) is 4.98 Å². The summed E-state index contributed by atoms with van der Waals surface area (Å²) < 4.78 is 0. The van der Waals surface area contributed by atoms with Crippen molar-refractivity contribution in [2.24, 2.45) is 5.92 Å². The number of pyridine rings is 1. The highest BCUT2D eigenvalue weighted by Crippen LogP contribution is 2.19. The molecule has 0 bridgehead atoms. The van der Waals surface area contributed by atoms with E-state index < -0.39 is 0 Å². The van der Waals surface area contributed by atoms with E-state index in [1.54, 1.807) is 6.07 Å². The summed E-state index contributed by atoms with van der Waals surface area (Å²) in [5.74, 6) is -0.175. The lowest BCUT2D eigenvalue weighted by molar-refractivity contribution is 0.0915. The van der Waals surface area contributed by atoms with Crippen LogP contribution in [0.1, 0.15) is 37.2 Å². The van der Waals surface area contributed by atoms with Crippen LogP contribution in [-0.2, 0) is 0 Å². The molecule has 3 heteroatoms. The van der Waals surface area contributed by atoms with Gasteiger partial charge in [0, 0.05) is 12.1 Å². The number of Topliss-reactive ketones (excluding diaryl/α,β-unsaturated/α-hetero) is 1. The van der Waals surface area contributed by atoms with Crippen molar-refractivity contribution in [1.82, 2.24) is 4.98 Å². The van der Waals surface area contributed by atoms with Crippen molar-refractivity contribution in [2.45, 2.75) is 26.7 Å². The molecule has 0 saturated carbocycles. The van der Waals surface area contributed by atoms with Gasteiger partial charge in [-0.15, -0.1) is 0 Å². The molecule has 1 heterocycles. The Balaban J connectivity index is 2.84. The number of hydrogen-bond acceptors (Lipinski definition) is 3. The van der Waals surface area contributed by atoms with Crippen LogP contribution in [-0.4, -0.2) is 15.9 Å². The second kappa shape index (κ2) is 4.74. The van der Waals surface area contributed by atoms with Crippen LogP contribution in [0.3, 0.4) is 0 Å². The molecule has 76 valence electrons. The summed E-state index contributed by atoms with van der Waals surface area (Å²) in [5.41, 5.74) is 0.188. The lowest BCUT2D eigenvalue weighted by Gasteiger charge is -2.08. The van der Waals surface area contributed by atoms with Crippen LogP contribution in [0.25, 0.3) is 0 Å². The van der Waals surface area contributed by atoms with Gasteiger partial charge in [-0.2, -0.15) is 0 Å². The molecule has 14 heavy (non-hydrogen) atoms. The van der Waals surface area contributed by atoms with Gasteiger partial charge >= 0.3 is 0 Å². The van der Waals surface area contributed by atoms with Crippen molar-refractivity contribution < 1.29 is 9.90 Å². The van der Waals surface area contributed by atoms with Crippen molar-refractivity contribution >= 4 is 5.78 Å². The summed E-state index contributed by atoms with van der Waals surface area (Å²) in [6.07, 6.45) is 3.31. The van der Waals surface area contributed by atoms with Gasteiger partial charge in [-0.3, -0.25) is 4.79 Å². The van der Waals surface area contributed by atoms with Gasteiger partial charge in [0.25, 0.3) is 0 Å². The molecule has 0 aliphatic carbocycles. The highest BCUT2D eigenvalue weighted by atomic mass is 16.3. The summed E-state index contributed by atoms with van der Waals surface area (Å²) in [7, 11) is 0. The minimum atomic E-state index is -0.0787. The van der Waals surface area contributed by atoms with Crippen LogP contribution in [0.5, 0.6) is 5.75 Å². The number of aromatic hydroxyl groups is 1. The van der Waals surface area contributed by atoms with Gasteiger partial charge in [0.1, 0.15) is 11.4 Å². The van der Waals surface area contributed by atoms with Crippen molar-refractivity contribution in [2.75, 3.05) is 0 Å². The van der Waals surface area contributed by atoms with Crippen molar-refractivity contribution in [3.8, 4) is 5.75 Å². The average Bonchev–Trinajstić information content (AvgIpc) is 2.18. The largest absolute Gasteiger partial charge is 0.506 e. The second-order valence-electron chi connectivity index (χ2n) is 3.43. The molecule has 0 aliphatic rings. The maximum atomic E-state index is 11.7. The Morgan fingerprint density at radius 3 is 2.93 bits per heavy atom. The molecule has 1 N–H and O–H groups in total. The number of carbonyl (C=O) groups excluding carboxylic acids is 1. The molecule has 0 aliphatic heterocycles. The predicted molar refractivity (Wildman–Crippen MR) is 54.3 cm³/mol. The molecular formula is C11H15NO2. The fourth-order valence-electron chi connectivity index (χ4n) is 1.38. The zero-order chi connectivity index (χ0) is 10.6. The van der Waals surface area contributed by atoms with E-state index in [-0.39, 0.29) is 23.1 Å². The van der Waals surface area contributed by atoms with Gasteiger partial charge in [-0.25, -0.2) is 4.98 Å². The molecule has 0 radical (unpaired) electrons. The molecule has 0 amide bonds. The molecule has 0 saturated heterocycles. The van der Waals surface area contributed by atoms with Crippen LogP contribution in [0.2, 0.25) is 0 Å². The zero-order valence-corrected chi connectivity index (χ0v) is 8.53. The Hall–Kier alpha value is -1.38. The van der Waals surface area contributed by atoms with Crippen molar-refractivity contribution in [3.05, 3.63) is 24.0 Å². The van der Waals surface area contributed by atoms with E-state index in [4.69, 9.17) is 0 Å². The van der Waals surface area contributed by atoms with E-state index in [9.17, 15) is 9.90 Å². The third kappa shape index (κ3) is 2.31. The number of carbonyl (C=O) groups is 1. The first-order valence-corrected chi connectivity index (χ1v) is 4.85. The minimum absolute atomic E-state index is 0.0274. The third-order valence-electron chi connectivity index (χ3n) is 2.19. The van der Waals surface area contributed by atoms with Gasteiger partial charge in [0.15, 0.2) is 5.78 Å². The number of aromatic nitrogens is 1. The van der Waals surface area contributed by atoms with Crippen LogP contribution >= 0.6 is 0 Å². The first-order valence-electron chi connectivity index (χ1n) is 4.85. The van der Waals surface area contributed by atoms with Crippen LogP contribution in [0.4, 0.5) is 0 Å². The number of ketones is 1. The van der Waals surface area contributed by atoms with Crippen molar-refractivity contribution in [3.63, 3.8) is 0 Å². The Morgan fingerprint density at radius 1 is 1.64 bits per heavy atom. The Bertz CT molecular complexity index is 323. The first-order chi connectivity index (χ1) is 6.66. The highest BCUT2D eigenvalue weighted by Gasteiger charge is 2.18. The summed E-state index contributed by atoms with van der Waals surface area (Å²) in [4.78, 5) is 15.6.